The average molecular weight is 406 g/mol. The van der Waals surface area contributed by atoms with E-state index in [1.54, 1.807) is 24.3 Å². The second-order valence-corrected chi connectivity index (χ2v) is 6.24. The van der Waals surface area contributed by atoms with Gasteiger partial charge in [0.1, 0.15) is 11.5 Å². The van der Waals surface area contributed by atoms with Crippen LogP contribution >= 0.6 is 0 Å². The molecule has 1 N–H and O–H groups in total. The van der Waals surface area contributed by atoms with Crippen LogP contribution in [0.3, 0.4) is 0 Å². The molecule has 0 saturated heterocycles. The Morgan fingerprint density at radius 3 is 2.59 bits per heavy atom. The molecule has 0 aliphatic heterocycles. The predicted octanol–water partition coefficient (Wildman–Crippen LogP) is 4.45. The van der Waals surface area contributed by atoms with Crippen LogP contribution in [-0.2, 0) is 17.5 Å². The van der Waals surface area contributed by atoms with Gasteiger partial charge in [0.2, 0.25) is 0 Å². The summed E-state index contributed by atoms with van der Waals surface area (Å²) in [5.74, 6) is 0.0422. The lowest BCUT2D eigenvalue weighted by atomic mass is 10.1. The van der Waals surface area contributed by atoms with Gasteiger partial charge in [-0.25, -0.2) is 0 Å². The van der Waals surface area contributed by atoms with E-state index in [0.29, 0.717) is 18.6 Å². The van der Waals surface area contributed by atoms with Gasteiger partial charge in [-0.2, -0.15) is 18.4 Å². The summed E-state index contributed by atoms with van der Waals surface area (Å²) in [6, 6.07) is 11.7. The molecular formula is C21H21F3N2O3. The Balaban J connectivity index is 2.15. The lowest BCUT2D eigenvalue weighted by molar-refractivity contribution is -0.137. The number of amides is 1. The molecule has 1 unspecified atom stereocenters. The standard InChI is InChI=1S/C21H21F3N2O3/c1-3-6-19(20(27)26-13-15-7-4-5-8-18(15)28-2)29-16-10-9-14(12-25)17(11-16)21(22,23)24/h4-5,7-11,19H,3,6,13H2,1-2H3,(H,26,27). The summed E-state index contributed by atoms with van der Waals surface area (Å²) in [4.78, 5) is 12.6. The number of nitrogens with zero attached hydrogens (tertiary/aromatic N) is 1. The molecule has 1 amide bonds. The quantitative estimate of drug-likeness (QED) is 0.703. The maximum absolute atomic E-state index is 13.1. The van der Waals surface area contributed by atoms with Crippen molar-refractivity contribution in [2.45, 2.75) is 38.6 Å². The van der Waals surface area contributed by atoms with Crippen molar-refractivity contribution in [2.24, 2.45) is 0 Å². The third kappa shape index (κ3) is 5.88. The molecule has 1 atom stereocenters. The van der Waals surface area contributed by atoms with Crippen LogP contribution in [0.4, 0.5) is 13.2 Å². The number of hydrogen-bond donors (Lipinski definition) is 1. The third-order valence-corrected chi connectivity index (χ3v) is 4.18. The Morgan fingerprint density at radius 2 is 1.97 bits per heavy atom. The van der Waals surface area contributed by atoms with Crippen molar-refractivity contribution >= 4 is 5.91 Å². The summed E-state index contributed by atoms with van der Waals surface area (Å²) >= 11 is 0. The highest BCUT2D eigenvalue weighted by Crippen LogP contribution is 2.34. The zero-order valence-electron chi connectivity index (χ0n) is 16.0. The Kier molecular flexibility index (Phi) is 7.48. The van der Waals surface area contributed by atoms with Crippen LogP contribution in [0.5, 0.6) is 11.5 Å². The van der Waals surface area contributed by atoms with Gasteiger partial charge in [-0.1, -0.05) is 31.5 Å². The summed E-state index contributed by atoms with van der Waals surface area (Å²) in [7, 11) is 1.52. The van der Waals surface area contributed by atoms with Crippen molar-refractivity contribution in [3.63, 3.8) is 0 Å². The van der Waals surface area contributed by atoms with E-state index in [2.05, 4.69) is 5.32 Å². The number of benzene rings is 2. The predicted molar refractivity (Wildman–Crippen MR) is 100 cm³/mol. The second-order valence-electron chi connectivity index (χ2n) is 6.24. The molecule has 0 aliphatic rings. The van der Waals surface area contributed by atoms with Gasteiger partial charge in [0.25, 0.3) is 5.91 Å². The van der Waals surface area contributed by atoms with E-state index < -0.39 is 29.3 Å². The topological polar surface area (TPSA) is 71.3 Å². The SMILES string of the molecule is CCCC(Oc1ccc(C#N)c(C(F)(F)F)c1)C(=O)NCc1ccccc1OC. The van der Waals surface area contributed by atoms with E-state index in [4.69, 9.17) is 14.7 Å². The van der Waals surface area contributed by atoms with Gasteiger partial charge in [-0.05, 0) is 30.7 Å². The molecule has 154 valence electrons. The molecule has 0 aliphatic carbocycles. The van der Waals surface area contributed by atoms with Crippen molar-refractivity contribution in [1.29, 1.82) is 5.26 Å². The number of halogens is 3. The number of carbonyl (C=O) groups excluding carboxylic acids is 1. The monoisotopic (exact) mass is 406 g/mol. The molecule has 0 fully saturated rings. The van der Waals surface area contributed by atoms with Crippen LogP contribution in [0.1, 0.15) is 36.5 Å². The summed E-state index contributed by atoms with van der Waals surface area (Å²) in [6.45, 7) is 2.03. The first-order valence-electron chi connectivity index (χ1n) is 8.97. The van der Waals surface area contributed by atoms with Gasteiger partial charge in [-0.3, -0.25) is 4.79 Å². The van der Waals surface area contributed by atoms with E-state index >= 15 is 0 Å². The summed E-state index contributed by atoms with van der Waals surface area (Å²) in [5, 5.41) is 11.6. The summed E-state index contributed by atoms with van der Waals surface area (Å²) < 4.78 is 50.2. The molecule has 29 heavy (non-hydrogen) atoms. The maximum atomic E-state index is 13.1. The number of carbonyl (C=O) groups is 1. The molecule has 0 heterocycles. The van der Waals surface area contributed by atoms with Crippen LogP contribution in [0.2, 0.25) is 0 Å². The normalized spacial score (nSPS) is 12.0. The number of rotatable bonds is 8. The molecule has 0 radical (unpaired) electrons. The van der Waals surface area contributed by atoms with Gasteiger partial charge in [0, 0.05) is 12.1 Å². The van der Waals surface area contributed by atoms with Crippen LogP contribution in [-0.4, -0.2) is 19.1 Å². The minimum atomic E-state index is -4.70. The Hall–Kier alpha value is -3.21. The number of methoxy groups -OCH3 is 1. The molecule has 2 aromatic carbocycles. The number of nitrogens with one attached hydrogen (secondary N) is 1. The van der Waals surface area contributed by atoms with Crippen molar-refractivity contribution in [3.05, 3.63) is 59.2 Å². The maximum Gasteiger partial charge on any atom is 0.417 e. The van der Waals surface area contributed by atoms with Crippen molar-refractivity contribution < 1.29 is 27.4 Å². The molecule has 0 bridgehead atoms. The van der Waals surface area contributed by atoms with Gasteiger partial charge >= 0.3 is 6.18 Å². The average Bonchev–Trinajstić information content (AvgIpc) is 2.71. The van der Waals surface area contributed by atoms with Crippen molar-refractivity contribution in [2.75, 3.05) is 7.11 Å². The zero-order valence-corrected chi connectivity index (χ0v) is 16.0. The van der Waals surface area contributed by atoms with E-state index in [1.165, 1.54) is 19.2 Å². The first-order chi connectivity index (χ1) is 13.8. The number of hydrogen-bond acceptors (Lipinski definition) is 4. The highest BCUT2D eigenvalue weighted by Gasteiger charge is 2.34. The molecule has 2 rings (SSSR count). The smallest absolute Gasteiger partial charge is 0.417 e. The molecule has 2 aromatic rings. The lowest BCUT2D eigenvalue weighted by Gasteiger charge is -2.20. The fourth-order valence-electron chi connectivity index (χ4n) is 2.74. The van der Waals surface area contributed by atoms with E-state index in [0.717, 1.165) is 17.7 Å². The lowest BCUT2D eigenvalue weighted by Crippen LogP contribution is -2.38. The van der Waals surface area contributed by atoms with Crippen LogP contribution in [0.25, 0.3) is 0 Å². The fourth-order valence-corrected chi connectivity index (χ4v) is 2.74. The zero-order chi connectivity index (χ0) is 21.4. The third-order valence-electron chi connectivity index (χ3n) is 4.18. The molecule has 0 aromatic heterocycles. The number of para-hydroxylation sites is 1. The molecule has 0 saturated carbocycles. The van der Waals surface area contributed by atoms with Gasteiger partial charge < -0.3 is 14.8 Å². The first kappa shape index (κ1) is 22.1. The van der Waals surface area contributed by atoms with Crippen molar-refractivity contribution in [1.82, 2.24) is 5.32 Å². The Labute approximate surface area is 167 Å². The number of ether oxygens (including phenoxy) is 2. The number of alkyl halides is 3. The van der Waals surface area contributed by atoms with Gasteiger partial charge in [-0.15, -0.1) is 0 Å². The van der Waals surface area contributed by atoms with Crippen LogP contribution in [0, 0.1) is 11.3 Å². The molecule has 8 heteroatoms. The fraction of sp³-hybridized carbons (Fsp3) is 0.333. The first-order valence-corrected chi connectivity index (χ1v) is 8.97. The van der Waals surface area contributed by atoms with Crippen LogP contribution < -0.4 is 14.8 Å². The van der Waals surface area contributed by atoms with E-state index in [-0.39, 0.29) is 12.3 Å². The Bertz CT molecular complexity index is 891. The summed E-state index contributed by atoms with van der Waals surface area (Å²) in [5.41, 5.74) is -0.837. The summed E-state index contributed by atoms with van der Waals surface area (Å²) in [6.07, 6.45) is -4.76. The second kappa shape index (κ2) is 9.82. The number of nitriles is 1. The molecule has 0 spiro atoms. The van der Waals surface area contributed by atoms with Gasteiger partial charge in [0.15, 0.2) is 6.10 Å². The van der Waals surface area contributed by atoms with Crippen molar-refractivity contribution in [3.8, 4) is 17.6 Å². The highest BCUT2D eigenvalue weighted by molar-refractivity contribution is 5.81. The Morgan fingerprint density at radius 1 is 1.24 bits per heavy atom. The minimum Gasteiger partial charge on any atom is -0.496 e. The molecule has 5 nitrogen and oxygen atoms in total. The van der Waals surface area contributed by atoms with Gasteiger partial charge in [0.05, 0.1) is 24.3 Å². The molecular weight excluding hydrogens is 385 g/mol. The largest absolute Gasteiger partial charge is 0.496 e. The highest BCUT2D eigenvalue weighted by atomic mass is 19.4. The van der Waals surface area contributed by atoms with Crippen LogP contribution in [0.15, 0.2) is 42.5 Å². The minimum absolute atomic E-state index is 0.123. The van der Waals surface area contributed by atoms with E-state index in [9.17, 15) is 18.0 Å². The van der Waals surface area contributed by atoms with E-state index in [1.807, 2.05) is 6.92 Å².